The van der Waals surface area contributed by atoms with E-state index >= 15 is 0 Å². The van der Waals surface area contributed by atoms with E-state index in [2.05, 4.69) is 59.5 Å². The van der Waals surface area contributed by atoms with E-state index in [1.54, 1.807) is 6.92 Å². The number of para-hydroxylation sites is 1. The monoisotopic (exact) mass is 381 g/mol. The van der Waals surface area contributed by atoms with Crippen LogP contribution in [-0.4, -0.2) is 45.4 Å². The predicted molar refractivity (Wildman–Crippen MR) is 115 cm³/mol. The topological polar surface area (TPSA) is 28.5 Å². The molecule has 28 heavy (non-hydrogen) atoms. The zero-order valence-electron chi connectivity index (χ0n) is 17.9. The lowest BCUT2D eigenvalue weighted by atomic mass is 9.93. The van der Waals surface area contributed by atoms with Crippen molar-refractivity contribution in [2.45, 2.75) is 77.4 Å². The van der Waals surface area contributed by atoms with Crippen molar-refractivity contribution in [2.75, 3.05) is 13.1 Å². The molecular weight excluding hydrogens is 346 g/mol. The first-order valence-corrected chi connectivity index (χ1v) is 11.1. The average Bonchev–Trinajstić information content (AvgIpc) is 2.97. The number of hydrogen-bond acceptors (Lipinski definition) is 2. The number of rotatable bonds is 4. The summed E-state index contributed by atoms with van der Waals surface area (Å²) >= 11 is 0. The van der Waals surface area contributed by atoms with Gasteiger partial charge in [0, 0.05) is 49.2 Å². The van der Waals surface area contributed by atoms with E-state index in [0.717, 1.165) is 32.4 Å². The van der Waals surface area contributed by atoms with Crippen LogP contribution >= 0.6 is 0 Å². The minimum Gasteiger partial charge on any atom is -0.346 e. The molecule has 1 saturated heterocycles. The summed E-state index contributed by atoms with van der Waals surface area (Å²) in [6.07, 6.45) is 7.16. The number of aryl methyl sites for hydroxylation is 1. The first-order valence-electron chi connectivity index (χ1n) is 11.1. The Hall–Kier alpha value is -1.81. The highest BCUT2D eigenvalue weighted by Gasteiger charge is 2.33. The molecule has 0 N–H and O–H groups in total. The Kier molecular flexibility index (Phi) is 5.50. The molecule has 0 radical (unpaired) electrons. The van der Waals surface area contributed by atoms with E-state index in [1.807, 2.05) is 0 Å². The fraction of sp³-hybridized carbons (Fsp3) is 0.625. The maximum absolute atomic E-state index is 12.4. The normalized spacial score (nSPS) is 25.9. The third-order valence-corrected chi connectivity index (χ3v) is 7.23. The minimum atomic E-state index is 0.203. The van der Waals surface area contributed by atoms with Crippen LogP contribution in [0.3, 0.4) is 0 Å². The van der Waals surface area contributed by atoms with Crippen molar-refractivity contribution < 1.29 is 4.79 Å². The number of nitrogens with zero attached hydrogens (tertiary/aromatic N) is 3. The van der Waals surface area contributed by atoms with Crippen molar-refractivity contribution in [1.82, 2.24) is 14.4 Å². The van der Waals surface area contributed by atoms with Crippen LogP contribution in [0.25, 0.3) is 10.9 Å². The first kappa shape index (κ1) is 19.5. The summed E-state index contributed by atoms with van der Waals surface area (Å²) in [6, 6.07) is 10.3. The van der Waals surface area contributed by atoms with Crippen LogP contribution in [0, 0.1) is 0 Å². The molecule has 4 rings (SSSR count). The van der Waals surface area contributed by atoms with Gasteiger partial charge in [-0.3, -0.25) is 9.69 Å². The predicted octanol–water partition coefficient (Wildman–Crippen LogP) is 4.67. The van der Waals surface area contributed by atoms with E-state index in [4.69, 9.17) is 0 Å². The van der Waals surface area contributed by atoms with Gasteiger partial charge in [-0.05, 0) is 64.1 Å². The summed E-state index contributed by atoms with van der Waals surface area (Å²) in [5, 5.41) is 1.37. The smallest absolute Gasteiger partial charge is 0.220 e. The van der Waals surface area contributed by atoms with E-state index in [0.29, 0.717) is 12.1 Å². The highest BCUT2D eigenvalue weighted by Crippen LogP contribution is 2.39. The van der Waals surface area contributed by atoms with Gasteiger partial charge in [-0.25, -0.2) is 0 Å². The zero-order chi connectivity index (χ0) is 19.8. The highest BCUT2D eigenvalue weighted by molar-refractivity contribution is 5.86. The summed E-state index contributed by atoms with van der Waals surface area (Å²) in [5.41, 5.74) is 4.11. The van der Waals surface area contributed by atoms with Gasteiger partial charge in [0.1, 0.15) is 0 Å². The summed E-state index contributed by atoms with van der Waals surface area (Å²) in [6.45, 7) is 8.47. The molecule has 4 nitrogen and oxygen atoms in total. The van der Waals surface area contributed by atoms with Crippen LogP contribution in [0.1, 0.15) is 70.2 Å². The molecule has 0 aliphatic carbocycles. The average molecular weight is 382 g/mol. The maximum Gasteiger partial charge on any atom is 0.220 e. The van der Waals surface area contributed by atoms with Gasteiger partial charge in [-0.1, -0.05) is 24.6 Å². The molecule has 2 aromatic rings. The van der Waals surface area contributed by atoms with Crippen LogP contribution in [0.15, 0.2) is 24.3 Å². The zero-order valence-corrected chi connectivity index (χ0v) is 17.9. The van der Waals surface area contributed by atoms with E-state index < -0.39 is 0 Å². The third-order valence-electron chi connectivity index (χ3n) is 7.23. The standard InChI is InChI=1S/C24H35N3O/c1-17-9-7-10-18(2)26(17)15-8-13-23-24-21(14-16-27(23)19(3)28)20-11-5-6-12-22(20)25(24)4/h5-6,11-12,17-18,23H,7-10,13-16H2,1-4H3. The summed E-state index contributed by atoms with van der Waals surface area (Å²) in [7, 11) is 2.17. The number of carbonyl (C=O) groups is 1. The molecule has 0 spiro atoms. The van der Waals surface area contributed by atoms with Gasteiger partial charge in [0.2, 0.25) is 5.91 Å². The van der Waals surface area contributed by atoms with Crippen LogP contribution in [-0.2, 0) is 18.3 Å². The Labute approximate surface area is 169 Å². The molecule has 2 aliphatic rings. The molecule has 0 bridgehead atoms. The van der Waals surface area contributed by atoms with Gasteiger partial charge in [0.25, 0.3) is 0 Å². The summed E-state index contributed by atoms with van der Waals surface area (Å²) < 4.78 is 2.34. The molecule has 2 aliphatic heterocycles. The number of aromatic nitrogens is 1. The van der Waals surface area contributed by atoms with Gasteiger partial charge in [0.15, 0.2) is 0 Å². The number of benzene rings is 1. The third kappa shape index (κ3) is 3.36. The SMILES string of the molecule is CC(=O)N1CCc2c(n(C)c3ccccc23)C1CCCN1C(C)CCCC1C. The summed E-state index contributed by atoms with van der Waals surface area (Å²) in [4.78, 5) is 17.2. The van der Waals surface area contributed by atoms with Crippen molar-refractivity contribution >= 4 is 16.8 Å². The fourth-order valence-corrected chi connectivity index (χ4v) is 5.77. The fourth-order valence-electron chi connectivity index (χ4n) is 5.77. The van der Waals surface area contributed by atoms with Crippen LogP contribution in [0.4, 0.5) is 0 Å². The molecule has 4 heteroatoms. The number of carbonyl (C=O) groups excluding carboxylic acids is 1. The molecule has 1 amide bonds. The van der Waals surface area contributed by atoms with Crippen LogP contribution in [0.5, 0.6) is 0 Å². The minimum absolute atomic E-state index is 0.203. The van der Waals surface area contributed by atoms with Gasteiger partial charge in [0.05, 0.1) is 6.04 Å². The second kappa shape index (κ2) is 7.90. The molecule has 3 heterocycles. The highest BCUT2D eigenvalue weighted by atomic mass is 16.2. The molecule has 3 unspecified atom stereocenters. The lowest BCUT2D eigenvalue weighted by Gasteiger charge is -2.40. The second-order valence-electron chi connectivity index (χ2n) is 8.93. The molecule has 1 aromatic carbocycles. The maximum atomic E-state index is 12.4. The second-order valence-corrected chi connectivity index (χ2v) is 8.93. The van der Waals surface area contributed by atoms with E-state index in [-0.39, 0.29) is 11.9 Å². The molecule has 152 valence electrons. The lowest BCUT2D eigenvalue weighted by molar-refractivity contribution is -0.132. The molecule has 3 atom stereocenters. The Morgan fingerprint density at radius 3 is 2.57 bits per heavy atom. The van der Waals surface area contributed by atoms with E-state index in [9.17, 15) is 4.79 Å². The molecular formula is C24H35N3O. The van der Waals surface area contributed by atoms with Gasteiger partial charge < -0.3 is 9.47 Å². The van der Waals surface area contributed by atoms with Crippen molar-refractivity contribution in [2.24, 2.45) is 7.05 Å². The van der Waals surface area contributed by atoms with Crippen LogP contribution < -0.4 is 0 Å². The van der Waals surface area contributed by atoms with Gasteiger partial charge >= 0.3 is 0 Å². The Morgan fingerprint density at radius 2 is 1.86 bits per heavy atom. The van der Waals surface area contributed by atoms with Crippen molar-refractivity contribution in [1.29, 1.82) is 0 Å². The molecule has 0 saturated carbocycles. The van der Waals surface area contributed by atoms with Crippen molar-refractivity contribution in [3.63, 3.8) is 0 Å². The number of hydrogen-bond donors (Lipinski definition) is 0. The molecule has 1 fully saturated rings. The Bertz CT molecular complexity index is 845. The van der Waals surface area contributed by atoms with Gasteiger partial charge in [-0.15, -0.1) is 0 Å². The lowest BCUT2D eigenvalue weighted by Crippen LogP contribution is -2.44. The summed E-state index contributed by atoms with van der Waals surface area (Å²) in [5.74, 6) is 0.209. The van der Waals surface area contributed by atoms with Gasteiger partial charge in [-0.2, -0.15) is 0 Å². The largest absolute Gasteiger partial charge is 0.346 e. The Balaban J connectivity index is 1.58. The number of amides is 1. The Morgan fingerprint density at radius 1 is 1.14 bits per heavy atom. The van der Waals surface area contributed by atoms with E-state index in [1.165, 1.54) is 41.4 Å². The quantitative estimate of drug-likeness (QED) is 0.770. The number of fused-ring (bicyclic) bond motifs is 3. The number of likely N-dealkylation sites (tertiary alicyclic amines) is 1. The first-order chi connectivity index (χ1) is 13.5. The number of piperidine rings is 1. The van der Waals surface area contributed by atoms with Crippen molar-refractivity contribution in [3.05, 3.63) is 35.5 Å². The molecule has 1 aromatic heterocycles. The van der Waals surface area contributed by atoms with Crippen LogP contribution in [0.2, 0.25) is 0 Å². The van der Waals surface area contributed by atoms with Crippen molar-refractivity contribution in [3.8, 4) is 0 Å².